The highest BCUT2D eigenvalue weighted by atomic mass is 79.9. The second-order valence-electron chi connectivity index (χ2n) is 10.9. The van der Waals surface area contributed by atoms with Gasteiger partial charge in [0.15, 0.2) is 0 Å². The first-order chi connectivity index (χ1) is 18.5. The minimum absolute atomic E-state index is 0.170. The molecule has 1 aromatic heterocycles. The molecule has 11 heteroatoms. The zero-order chi connectivity index (χ0) is 28.3. The highest BCUT2D eigenvalue weighted by Gasteiger charge is 2.51. The summed E-state index contributed by atoms with van der Waals surface area (Å²) in [7, 11) is 0. The molecule has 2 aliphatic rings. The third kappa shape index (κ3) is 6.51. The molecule has 39 heavy (non-hydrogen) atoms. The smallest absolute Gasteiger partial charge is 0.407 e. The molecule has 4 bridgehead atoms. The van der Waals surface area contributed by atoms with Crippen LogP contribution >= 0.6 is 31.9 Å². The number of carbonyl (C=O) groups is 3. The monoisotopic (exact) mass is 667 g/mol. The maximum Gasteiger partial charge on any atom is 0.407 e. The van der Waals surface area contributed by atoms with Crippen LogP contribution in [0.4, 0.5) is 4.79 Å². The minimum Gasteiger partial charge on any atom is -0.471 e. The van der Waals surface area contributed by atoms with Gasteiger partial charge in [0.2, 0.25) is 11.8 Å². The largest absolute Gasteiger partial charge is 0.471 e. The van der Waals surface area contributed by atoms with E-state index in [1.807, 2.05) is 32.9 Å². The van der Waals surface area contributed by atoms with Crippen LogP contribution in [0, 0.1) is 5.41 Å². The van der Waals surface area contributed by atoms with Crippen molar-refractivity contribution in [2.45, 2.75) is 82.9 Å². The number of nitrogens with zero attached hydrogens (tertiary/aromatic N) is 2. The molecule has 2 aliphatic heterocycles. The number of fused-ring (bicyclic) bond motifs is 3. The Morgan fingerprint density at radius 3 is 2.69 bits per heavy atom. The molecular weight excluding hydrogens is 634 g/mol. The number of pyridine rings is 1. The molecule has 2 amide bonds. The highest BCUT2D eigenvalue weighted by Crippen LogP contribution is 2.39. The van der Waals surface area contributed by atoms with Crippen LogP contribution in [0.1, 0.15) is 58.9 Å². The first kappa shape index (κ1) is 29.6. The standard InChI is InChI=1S/C28H35Br2N3O6/c1-5-37-26(35)18-15-19-23(30)33(18)25(34)22(28(2,3)4)32-27(36)38-14-8-6-7-9-17-11-10-16-12-13-31-24(39-19)20(16)21(17)29/h10-13,18-19,22-23H,5-9,14-15H2,1-4H3,(H,32,36)/t18-,19-,22+,23-/m0/s1. The predicted molar refractivity (Wildman–Crippen MR) is 154 cm³/mol. The number of aromatic nitrogens is 1. The second-order valence-corrected chi connectivity index (χ2v) is 12.7. The molecule has 1 saturated heterocycles. The van der Waals surface area contributed by atoms with E-state index in [4.69, 9.17) is 14.2 Å². The van der Waals surface area contributed by atoms with Crippen molar-refractivity contribution in [1.82, 2.24) is 15.2 Å². The van der Waals surface area contributed by atoms with Crippen molar-refractivity contribution in [3.63, 3.8) is 0 Å². The molecule has 1 aromatic carbocycles. The van der Waals surface area contributed by atoms with E-state index in [1.54, 1.807) is 13.1 Å². The number of aryl methyl sites for hydroxylation is 1. The Kier molecular flexibility index (Phi) is 9.41. The summed E-state index contributed by atoms with van der Waals surface area (Å²) in [6.45, 7) is 7.69. The third-order valence-electron chi connectivity index (χ3n) is 7.05. The number of esters is 1. The van der Waals surface area contributed by atoms with Gasteiger partial charge in [-0.25, -0.2) is 14.6 Å². The maximum absolute atomic E-state index is 14.0. The van der Waals surface area contributed by atoms with Crippen LogP contribution in [0.3, 0.4) is 0 Å². The van der Waals surface area contributed by atoms with Crippen molar-refractivity contribution in [2.24, 2.45) is 5.41 Å². The van der Waals surface area contributed by atoms with Gasteiger partial charge < -0.3 is 24.4 Å². The molecule has 0 saturated carbocycles. The molecule has 0 unspecified atom stereocenters. The van der Waals surface area contributed by atoms with Crippen molar-refractivity contribution >= 4 is 60.6 Å². The van der Waals surface area contributed by atoms with Gasteiger partial charge in [-0.1, -0.05) is 48.8 Å². The summed E-state index contributed by atoms with van der Waals surface area (Å²) >= 11 is 7.42. The summed E-state index contributed by atoms with van der Waals surface area (Å²) in [6.07, 6.45) is 3.92. The Bertz CT molecular complexity index is 1230. The topological polar surface area (TPSA) is 107 Å². The minimum atomic E-state index is -0.952. The van der Waals surface area contributed by atoms with Gasteiger partial charge in [-0.15, -0.1) is 0 Å². The lowest BCUT2D eigenvalue weighted by Gasteiger charge is -2.36. The maximum atomic E-state index is 14.0. The normalized spacial score (nSPS) is 24.9. The van der Waals surface area contributed by atoms with Crippen LogP contribution in [-0.2, 0) is 25.5 Å². The molecule has 2 aromatic rings. The summed E-state index contributed by atoms with van der Waals surface area (Å²) < 4.78 is 18.1. The number of ether oxygens (including phenoxy) is 3. The first-order valence-electron chi connectivity index (χ1n) is 13.3. The molecule has 0 aliphatic carbocycles. The predicted octanol–water partition coefficient (Wildman–Crippen LogP) is 5.50. The van der Waals surface area contributed by atoms with Crippen LogP contribution in [-0.4, -0.2) is 64.2 Å². The number of benzene rings is 1. The molecule has 4 rings (SSSR count). The van der Waals surface area contributed by atoms with E-state index in [9.17, 15) is 14.4 Å². The SMILES string of the molecule is CCOC(=O)[C@@H]1C[C@@H]2Oc3nccc4ccc(c(Br)c34)CCCCCOC(=O)N[C@@H](C(C)(C)C)C(=O)N1[C@@H]2Br. The Labute approximate surface area is 245 Å². The van der Waals surface area contributed by atoms with E-state index >= 15 is 0 Å². The van der Waals surface area contributed by atoms with E-state index in [0.29, 0.717) is 12.3 Å². The summed E-state index contributed by atoms with van der Waals surface area (Å²) in [5.74, 6) is -0.541. The van der Waals surface area contributed by atoms with E-state index < -0.39 is 46.5 Å². The molecule has 1 fully saturated rings. The lowest BCUT2D eigenvalue weighted by molar-refractivity contribution is -0.154. The number of nitrogens with one attached hydrogen (secondary N) is 1. The fourth-order valence-electron chi connectivity index (χ4n) is 5.01. The summed E-state index contributed by atoms with van der Waals surface area (Å²) in [6, 6.07) is 4.19. The van der Waals surface area contributed by atoms with Gasteiger partial charge in [0.1, 0.15) is 23.1 Å². The van der Waals surface area contributed by atoms with Crippen molar-refractivity contribution in [2.75, 3.05) is 13.2 Å². The molecule has 4 atom stereocenters. The zero-order valence-corrected chi connectivity index (χ0v) is 25.8. The fourth-order valence-corrected chi connectivity index (χ4v) is 6.55. The number of amides is 2. The van der Waals surface area contributed by atoms with E-state index in [1.165, 1.54) is 4.90 Å². The quantitative estimate of drug-likeness (QED) is 0.256. The van der Waals surface area contributed by atoms with Crippen molar-refractivity contribution in [1.29, 1.82) is 0 Å². The first-order valence-corrected chi connectivity index (χ1v) is 15.0. The van der Waals surface area contributed by atoms with E-state index in [0.717, 1.165) is 40.1 Å². The lowest BCUT2D eigenvalue weighted by Crippen LogP contribution is -2.58. The van der Waals surface area contributed by atoms with Crippen molar-refractivity contribution in [3.05, 3.63) is 34.4 Å². The third-order valence-corrected chi connectivity index (χ3v) is 8.99. The van der Waals surface area contributed by atoms with Crippen LogP contribution < -0.4 is 10.1 Å². The van der Waals surface area contributed by atoms with Crippen LogP contribution in [0.25, 0.3) is 10.8 Å². The number of carbonyl (C=O) groups excluding carboxylic acids is 3. The molecule has 3 heterocycles. The van der Waals surface area contributed by atoms with Crippen molar-refractivity contribution < 1.29 is 28.6 Å². The summed E-state index contributed by atoms with van der Waals surface area (Å²) in [5.41, 5.74) is 0.455. The molecular formula is C28H35Br2N3O6. The molecule has 9 nitrogen and oxygen atoms in total. The van der Waals surface area contributed by atoms with E-state index in [-0.39, 0.29) is 19.6 Å². The Morgan fingerprint density at radius 2 is 1.97 bits per heavy atom. The van der Waals surface area contributed by atoms with Crippen LogP contribution in [0.15, 0.2) is 28.9 Å². The van der Waals surface area contributed by atoms with Gasteiger partial charge in [0.25, 0.3) is 0 Å². The Balaban J connectivity index is 1.78. The Hall–Kier alpha value is -2.40. The Morgan fingerprint density at radius 1 is 1.21 bits per heavy atom. The van der Waals surface area contributed by atoms with Crippen molar-refractivity contribution in [3.8, 4) is 5.88 Å². The lowest BCUT2D eigenvalue weighted by atomic mass is 9.85. The van der Waals surface area contributed by atoms with Gasteiger partial charge >= 0.3 is 12.1 Å². The average Bonchev–Trinajstić information content (AvgIpc) is 3.20. The number of halogens is 2. The summed E-state index contributed by atoms with van der Waals surface area (Å²) in [5, 5.41) is 4.56. The molecule has 0 spiro atoms. The number of hydrogen-bond donors (Lipinski definition) is 1. The van der Waals surface area contributed by atoms with Crippen LogP contribution in [0.2, 0.25) is 0 Å². The zero-order valence-electron chi connectivity index (χ0n) is 22.7. The average molecular weight is 669 g/mol. The number of alkyl halides is 1. The van der Waals surface area contributed by atoms with E-state index in [2.05, 4.69) is 48.2 Å². The fraction of sp³-hybridized carbons (Fsp3) is 0.571. The number of cyclic esters (lactones) is 1. The highest BCUT2D eigenvalue weighted by molar-refractivity contribution is 9.10. The van der Waals surface area contributed by atoms with Gasteiger partial charge in [0, 0.05) is 17.1 Å². The molecule has 1 N–H and O–H groups in total. The molecule has 212 valence electrons. The van der Waals surface area contributed by atoms with Gasteiger partial charge in [-0.2, -0.15) is 0 Å². The van der Waals surface area contributed by atoms with Gasteiger partial charge in [-0.3, -0.25) is 4.79 Å². The number of hydrogen-bond acceptors (Lipinski definition) is 7. The number of alkyl carbamates (subject to hydrolysis) is 1. The summed E-state index contributed by atoms with van der Waals surface area (Å²) in [4.78, 5) is 45.1. The van der Waals surface area contributed by atoms with Crippen LogP contribution in [0.5, 0.6) is 5.88 Å². The van der Waals surface area contributed by atoms with Gasteiger partial charge in [-0.05, 0) is 71.0 Å². The second kappa shape index (κ2) is 12.4. The molecule has 0 radical (unpaired) electrons. The van der Waals surface area contributed by atoms with Gasteiger partial charge in [0.05, 0.1) is 18.6 Å². The number of rotatable bonds is 2.